The first kappa shape index (κ1) is 16.6. The van der Waals surface area contributed by atoms with Gasteiger partial charge in [0.1, 0.15) is 11.5 Å². The number of aromatic nitrogens is 2. The zero-order chi connectivity index (χ0) is 17.8. The lowest BCUT2D eigenvalue weighted by Gasteiger charge is -2.10. The Morgan fingerprint density at radius 3 is 2.36 bits per heavy atom. The van der Waals surface area contributed by atoms with E-state index in [-0.39, 0.29) is 11.4 Å². The van der Waals surface area contributed by atoms with Crippen molar-refractivity contribution in [3.63, 3.8) is 0 Å². The highest BCUT2D eigenvalue weighted by molar-refractivity contribution is 6.03. The van der Waals surface area contributed by atoms with Gasteiger partial charge in [0.2, 0.25) is 5.95 Å². The van der Waals surface area contributed by atoms with Gasteiger partial charge in [0.05, 0.1) is 5.69 Å². The van der Waals surface area contributed by atoms with Crippen LogP contribution in [0, 0.1) is 19.7 Å². The Morgan fingerprint density at radius 1 is 0.960 bits per heavy atom. The van der Waals surface area contributed by atoms with Gasteiger partial charge in [-0.1, -0.05) is 30.3 Å². The van der Waals surface area contributed by atoms with E-state index in [1.165, 1.54) is 12.1 Å². The fraction of sp³-hybridized carbons (Fsp3) is 0.105. The maximum atomic E-state index is 13.7. The van der Waals surface area contributed by atoms with E-state index in [1.807, 2.05) is 31.2 Å². The Balaban J connectivity index is 1.85. The van der Waals surface area contributed by atoms with Crippen LogP contribution in [0.1, 0.15) is 21.7 Å². The van der Waals surface area contributed by atoms with Crippen LogP contribution < -0.4 is 10.6 Å². The number of benzene rings is 2. The lowest BCUT2D eigenvalue weighted by atomic mass is 10.2. The van der Waals surface area contributed by atoms with Gasteiger partial charge in [0.25, 0.3) is 5.91 Å². The topological polar surface area (TPSA) is 66.9 Å². The zero-order valence-corrected chi connectivity index (χ0v) is 13.9. The van der Waals surface area contributed by atoms with Crippen molar-refractivity contribution >= 4 is 23.2 Å². The molecule has 5 nitrogen and oxygen atoms in total. The zero-order valence-electron chi connectivity index (χ0n) is 13.9. The third kappa shape index (κ3) is 3.98. The number of carbonyl (C=O) groups excluding carboxylic acids is 1. The van der Waals surface area contributed by atoms with E-state index in [2.05, 4.69) is 20.6 Å². The molecule has 2 aromatic carbocycles. The first-order valence-corrected chi connectivity index (χ1v) is 7.77. The molecule has 0 saturated carbocycles. The minimum absolute atomic E-state index is 0.108. The lowest BCUT2D eigenvalue weighted by Crippen LogP contribution is -2.16. The predicted molar refractivity (Wildman–Crippen MR) is 95.6 cm³/mol. The highest BCUT2D eigenvalue weighted by Crippen LogP contribution is 2.19. The normalized spacial score (nSPS) is 10.4. The molecule has 0 spiro atoms. The third-order valence-electron chi connectivity index (χ3n) is 3.60. The molecule has 0 fully saturated rings. The summed E-state index contributed by atoms with van der Waals surface area (Å²) < 4.78 is 13.7. The van der Waals surface area contributed by atoms with Crippen LogP contribution >= 0.6 is 0 Å². The summed E-state index contributed by atoms with van der Waals surface area (Å²) in [6.07, 6.45) is 0. The van der Waals surface area contributed by atoms with Crippen LogP contribution in [0.15, 0.2) is 54.6 Å². The third-order valence-corrected chi connectivity index (χ3v) is 3.60. The summed E-state index contributed by atoms with van der Waals surface area (Å²) in [6.45, 7) is 3.73. The van der Waals surface area contributed by atoms with Crippen LogP contribution in [-0.4, -0.2) is 15.9 Å². The molecular weight excluding hydrogens is 319 g/mol. The van der Waals surface area contributed by atoms with Crippen molar-refractivity contribution < 1.29 is 9.18 Å². The van der Waals surface area contributed by atoms with Crippen LogP contribution in [-0.2, 0) is 0 Å². The van der Waals surface area contributed by atoms with E-state index in [1.54, 1.807) is 25.1 Å². The highest BCUT2D eigenvalue weighted by atomic mass is 19.1. The van der Waals surface area contributed by atoms with Gasteiger partial charge in [-0.15, -0.1) is 0 Å². The maximum Gasteiger partial charge on any atom is 0.274 e. The van der Waals surface area contributed by atoms with Gasteiger partial charge < -0.3 is 10.6 Å². The van der Waals surface area contributed by atoms with Gasteiger partial charge in [-0.3, -0.25) is 4.79 Å². The molecule has 6 heteroatoms. The molecule has 25 heavy (non-hydrogen) atoms. The van der Waals surface area contributed by atoms with Crippen molar-refractivity contribution in [3.8, 4) is 0 Å². The van der Waals surface area contributed by atoms with Crippen molar-refractivity contribution in [3.05, 3.63) is 77.4 Å². The molecule has 0 unspecified atom stereocenters. The van der Waals surface area contributed by atoms with Crippen molar-refractivity contribution in [2.75, 3.05) is 10.6 Å². The second kappa shape index (κ2) is 7.09. The van der Waals surface area contributed by atoms with E-state index < -0.39 is 11.7 Å². The van der Waals surface area contributed by atoms with Gasteiger partial charge >= 0.3 is 0 Å². The number of para-hydroxylation sites is 2. The van der Waals surface area contributed by atoms with E-state index in [4.69, 9.17) is 0 Å². The van der Waals surface area contributed by atoms with Crippen LogP contribution in [0.3, 0.4) is 0 Å². The minimum atomic E-state index is -0.500. The number of nitrogens with one attached hydrogen (secondary N) is 2. The molecule has 1 aromatic heterocycles. The van der Waals surface area contributed by atoms with Gasteiger partial charge in [-0.25, -0.2) is 14.4 Å². The summed E-state index contributed by atoms with van der Waals surface area (Å²) in [5, 5.41) is 5.63. The van der Waals surface area contributed by atoms with Crippen molar-refractivity contribution in [2.24, 2.45) is 0 Å². The molecule has 0 radical (unpaired) electrons. The predicted octanol–water partition coefficient (Wildman–Crippen LogP) is 4.23. The maximum absolute atomic E-state index is 13.7. The minimum Gasteiger partial charge on any atom is -0.324 e. The quantitative estimate of drug-likeness (QED) is 0.748. The summed E-state index contributed by atoms with van der Waals surface area (Å²) in [5.41, 5.74) is 2.78. The number of carbonyl (C=O) groups is 1. The fourth-order valence-electron chi connectivity index (χ4n) is 2.32. The Hall–Kier alpha value is -3.28. The van der Waals surface area contributed by atoms with Crippen LogP contribution in [0.2, 0.25) is 0 Å². The molecule has 3 aromatic rings. The van der Waals surface area contributed by atoms with E-state index in [9.17, 15) is 9.18 Å². The van der Waals surface area contributed by atoms with Gasteiger partial charge in [0.15, 0.2) is 0 Å². The Bertz CT molecular complexity index is 927. The van der Waals surface area contributed by atoms with E-state index in [0.29, 0.717) is 11.6 Å². The molecule has 3 rings (SSSR count). The molecular formula is C19H17FN4O. The summed E-state index contributed by atoms with van der Waals surface area (Å²) in [6, 6.07) is 15.2. The summed E-state index contributed by atoms with van der Waals surface area (Å²) >= 11 is 0. The molecule has 2 N–H and O–H groups in total. The van der Waals surface area contributed by atoms with Crippen LogP contribution in [0.4, 0.5) is 21.7 Å². The number of hydrogen-bond acceptors (Lipinski definition) is 4. The molecule has 1 amide bonds. The van der Waals surface area contributed by atoms with Gasteiger partial charge in [-0.05, 0) is 43.7 Å². The number of hydrogen-bond donors (Lipinski definition) is 2. The van der Waals surface area contributed by atoms with Gasteiger partial charge in [0, 0.05) is 11.4 Å². The molecule has 0 aliphatic rings. The molecule has 0 aliphatic carbocycles. The summed E-state index contributed by atoms with van der Waals surface area (Å²) in [5.74, 6) is -0.684. The second-order valence-corrected chi connectivity index (χ2v) is 5.59. The standard InChI is InChI=1S/C19H17FN4O/c1-12-7-3-5-9-15(12)23-19-21-13(2)11-17(24-19)18(25)22-16-10-6-4-8-14(16)20/h3-11H,1-2H3,(H,22,25)(H,21,23,24). The lowest BCUT2D eigenvalue weighted by molar-refractivity contribution is 0.102. The Labute approximate surface area is 145 Å². The molecule has 0 bridgehead atoms. The SMILES string of the molecule is Cc1cc(C(=O)Nc2ccccc2F)nc(Nc2ccccc2C)n1. The van der Waals surface area contributed by atoms with Crippen molar-refractivity contribution in [1.82, 2.24) is 9.97 Å². The largest absolute Gasteiger partial charge is 0.324 e. The Morgan fingerprint density at radius 2 is 1.64 bits per heavy atom. The molecule has 0 saturated heterocycles. The van der Waals surface area contributed by atoms with Gasteiger partial charge in [-0.2, -0.15) is 0 Å². The van der Waals surface area contributed by atoms with Crippen molar-refractivity contribution in [1.29, 1.82) is 0 Å². The first-order chi connectivity index (χ1) is 12.0. The Kier molecular flexibility index (Phi) is 4.70. The number of aryl methyl sites for hydroxylation is 2. The molecule has 126 valence electrons. The summed E-state index contributed by atoms with van der Waals surface area (Å²) in [4.78, 5) is 20.9. The molecule has 0 atom stereocenters. The fourth-order valence-corrected chi connectivity index (χ4v) is 2.32. The number of nitrogens with zero attached hydrogens (tertiary/aromatic N) is 2. The monoisotopic (exact) mass is 336 g/mol. The molecule has 1 heterocycles. The van der Waals surface area contributed by atoms with Crippen LogP contribution in [0.25, 0.3) is 0 Å². The smallest absolute Gasteiger partial charge is 0.274 e. The van der Waals surface area contributed by atoms with E-state index in [0.717, 1.165) is 11.3 Å². The first-order valence-electron chi connectivity index (χ1n) is 7.77. The highest BCUT2D eigenvalue weighted by Gasteiger charge is 2.13. The number of rotatable bonds is 4. The number of anilines is 3. The van der Waals surface area contributed by atoms with E-state index >= 15 is 0 Å². The average molecular weight is 336 g/mol. The summed E-state index contributed by atoms with van der Waals surface area (Å²) in [7, 11) is 0. The van der Waals surface area contributed by atoms with Crippen LogP contribution in [0.5, 0.6) is 0 Å². The average Bonchev–Trinajstić information content (AvgIpc) is 2.58. The number of halogens is 1. The number of amides is 1. The molecule has 0 aliphatic heterocycles. The second-order valence-electron chi connectivity index (χ2n) is 5.59. The van der Waals surface area contributed by atoms with Crippen molar-refractivity contribution in [2.45, 2.75) is 13.8 Å².